The maximum atomic E-state index is 12.6. The fraction of sp³-hybridized carbons (Fsp3) is 0.294. The Bertz CT molecular complexity index is 759. The first-order valence-electron chi connectivity index (χ1n) is 7.04. The number of hydrogen-bond donors (Lipinski definition) is 1. The minimum absolute atomic E-state index is 0.273. The largest absolute Gasteiger partial charge is 0.497 e. The normalized spacial score (nSPS) is 11.5. The van der Waals surface area contributed by atoms with Crippen molar-refractivity contribution in [1.82, 2.24) is 4.72 Å². The molecule has 0 atom stereocenters. The van der Waals surface area contributed by atoms with Crippen LogP contribution in [-0.4, -0.2) is 15.5 Å². The quantitative estimate of drug-likeness (QED) is 0.921. The Morgan fingerprint density at radius 2 is 1.68 bits per heavy atom. The zero-order chi connectivity index (χ0) is 16.3. The first-order valence-corrected chi connectivity index (χ1v) is 8.52. The van der Waals surface area contributed by atoms with Crippen LogP contribution in [0.5, 0.6) is 5.75 Å². The van der Waals surface area contributed by atoms with E-state index in [2.05, 4.69) is 4.72 Å². The highest BCUT2D eigenvalue weighted by molar-refractivity contribution is 7.89. The summed E-state index contributed by atoms with van der Waals surface area (Å²) in [5, 5.41) is 0. The summed E-state index contributed by atoms with van der Waals surface area (Å²) >= 11 is 0. The molecule has 0 aliphatic rings. The third-order valence-electron chi connectivity index (χ3n) is 3.49. The number of methoxy groups -OCH3 is 1. The summed E-state index contributed by atoms with van der Waals surface area (Å²) in [5.41, 5.74) is 3.39. The van der Waals surface area contributed by atoms with E-state index in [0.717, 1.165) is 11.1 Å². The SMILES string of the molecule is COc1cc(C)c(S(=O)(=O)NCc2cccc(C)c2)c(C)c1. The molecule has 0 aromatic heterocycles. The maximum Gasteiger partial charge on any atom is 0.241 e. The van der Waals surface area contributed by atoms with Crippen molar-refractivity contribution in [1.29, 1.82) is 0 Å². The van der Waals surface area contributed by atoms with Gasteiger partial charge in [-0.15, -0.1) is 0 Å². The second-order valence-corrected chi connectivity index (χ2v) is 7.11. The summed E-state index contributed by atoms with van der Waals surface area (Å²) in [5.74, 6) is 0.660. The molecule has 0 saturated heterocycles. The third-order valence-corrected chi connectivity index (χ3v) is 5.19. The van der Waals surface area contributed by atoms with Gasteiger partial charge in [0, 0.05) is 6.54 Å². The Kier molecular flexibility index (Phi) is 4.88. The maximum absolute atomic E-state index is 12.6. The van der Waals surface area contributed by atoms with Gasteiger partial charge in [0.25, 0.3) is 0 Å². The predicted molar refractivity (Wildman–Crippen MR) is 87.7 cm³/mol. The van der Waals surface area contributed by atoms with Crippen molar-refractivity contribution >= 4 is 10.0 Å². The van der Waals surface area contributed by atoms with Crippen LogP contribution in [0.3, 0.4) is 0 Å². The molecule has 0 aliphatic heterocycles. The Balaban J connectivity index is 2.27. The van der Waals surface area contributed by atoms with Crippen molar-refractivity contribution in [2.75, 3.05) is 7.11 Å². The molecule has 0 saturated carbocycles. The average Bonchev–Trinajstić information content (AvgIpc) is 2.44. The van der Waals surface area contributed by atoms with Crippen molar-refractivity contribution in [3.05, 3.63) is 58.7 Å². The minimum Gasteiger partial charge on any atom is -0.497 e. The third kappa shape index (κ3) is 3.67. The van der Waals surface area contributed by atoms with E-state index in [-0.39, 0.29) is 6.54 Å². The van der Waals surface area contributed by atoms with E-state index in [1.54, 1.807) is 33.1 Å². The molecule has 4 nitrogen and oxygen atoms in total. The molecule has 0 spiro atoms. The van der Waals surface area contributed by atoms with Crippen LogP contribution in [0.4, 0.5) is 0 Å². The molecule has 118 valence electrons. The number of benzene rings is 2. The first kappa shape index (κ1) is 16.5. The topological polar surface area (TPSA) is 55.4 Å². The lowest BCUT2D eigenvalue weighted by Crippen LogP contribution is -2.25. The fourth-order valence-corrected chi connectivity index (χ4v) is 3.99. The van der Waals surface area contributed by atoms with Crippen molar-refractivity contribution in [3.8, 4) is 5.75 Å². The molecule has 0 amide bonds. The zero-order valence-electron chi connectivity index (χ0n) is 13.3. The Morgan fingerprint density at radius 1 is 1.05 bits per heavy atom. The summed E-state index contributed by atoms with van der Waals surface area (Å²) in [6.07, 6.45) is 0. The molecule has 0 unspecified atom stereocenters. The highest BCUT2D eigenvalue weighted by Crippen LogP contribution is 2.25. The van der Waals surface area contributed by atoms with E-state index in [4.69, 9.17) is 4.74 Å². The van der Waals surface area contributed by atoms with Crippen LogP contribution in [0.25, 0.3) is 0 Å². The van der Waals surface area contributed by atoms with E-state index in [1.165, 1.54) is 0 Å². The molecule has 0 heterocycles. The molecule has 1 N–H and O–H groups in total. The van der Waals surface area contributed by atoms with Crippen molar-refractivity contribution in [2.45, 2.75) is 32.2 Å². The minimum atomic E-state index is -3.56. The number of aryl methyl sites for hydroxylation is 3. The van der Waals surface area contributed by atoms with Gasteiger partial charge >= 0.3 is 0 Å². The van der Waals surface area contributed by atoms with Crippen LogP contribution in [0.2, 0.25) is 0 Å². The molecule has 2 aromatic rings. The summed E-state index contributed by atoms with van der Waals surface area (Å²) in [7, 11) is -2.00. The van der Waals surface area contributed by atoms with Gasteiger partial charge < -0.3 is 4.74 Å². The Morgan fingerprint density at radius 3 is 2.23 bits per heavy atom. The highest BCUT2D eigenvalue weighted by Gasteiger charge is 2.20. The van der Waals surface area contributed by atoms with Crippen LogP contribution < -0.4 is 9.46 Å². The molecule has 0 aliphatic carbocycles. The van der Waals surface area contributed by atoms with Crippen molar-refractivity contribution in [3.63, 3.8) is 0 Å². The van der Waals surface area contributed by atoms with Crippen LogP contribution in [-0.2, 0) is 16.6 Å². The predicted octanol–water partition coefficient (Wildman–Crippen LogP) is 3.10. The van der Waals surface area contributed by atoms with Gasteiger partial charge in [0.05, 0.1) is 12.0 Å². The lowest BCUT2D eigenvalue weighted by molar-refractivity contribution is 0.413. The second-order valence-electron chi connectivity index (χ2n) is 5.40. The smallest absolute Gasteiger partial charge is 0.241 e. The van der Waals surface area contributed by atoms with E-state index in [9.17, 15) is 8.42 Å². The van der Waals surface area contributed by atoms with Crippen LogP contribution in [0.15, 0.2) is 41.3 Å². The van der Waals surface area contributed by atoms with Gasteiger partial charge in [-0.05, 0) is 49.6 Å². The van der Waals surface area contributed by atoms with Gasteiger partial charge in [-0.1, -0.05) is 29.8 Å². The van der Waals surface area contributed by atoms with Gasteiger partial charge in [-0.2, -0.15) is 0 Å². The van der Waals surface area contributed by atoms with Gasteiger partial charge in [0.15, 0.2) is 0 Å². The highest BCUT2D eigenvalue weighted by atomic mass is 32.2. The average molecular weight is 319 g/mol. The van der Waals surface area contributed by atoms with Gasteiger partial charge in [0.2, 0.25) is 10.0 Å². The van der Waals surface area contributed by atoms with Crippen molar-refractivity contribution in [2.24, 2.45) is 0 Å². The van der Waals surface area contributed by atoms with Crippen molar-refractivity contribution < 1.29 is 13.2 Å². The van der Waals surface area contributed by atoms with E-state index in [0.29, 0.717) is 21.8 Å². The lowest BCUT2D eigenvalue weighted by Gasteiger charge is -2.14. The van der Waals surface area contributed by atoms with Crippen LogP contribution in [0, 0.1) is 20.8 Å². The Labute approximate surface area is 132 Å². The molecule has 0 radical (unpaired) electrons. The number of rotatable bonds is 5. The van der Waals surface area contributed by atoms with Gasteiger partial charge in [0.1, 0.15) is 5.75 Å². The first-order chi connectivity index (χ1) is 10.3. The summed E-state index contributed by atoms with van der Waals surface area (Å²) < 4.78 is 33.0. The molecular formula is C17H21NO3S. The molecule has 2 rings (SSSR count). The monoisotopic (exact) mass is 319 g/mol. The molecule has 2 aromatic carbocycles. The number of ether oxygens (including phenoxy) is 1. The number of sulfonamides is 1. The lowest BCUT2D eigenvalue weighted by atomic mass is 10.1. The van der Waals surface area contributed by atoms with E-state index < -0.39 is 10.0 Å². The molecule has 22 heavy (non-hydrogen) atoms. The van der Waals surface area contributed by atoms with E-state index in [1.807, 2.05) is 31.2 Å². The van der Waals surface area contributed by atoms with Crippen LogP contribution >= 0.6 is 0 Å². The second kappa shape index (κ2) is 6.50. The standard InChI is InChI=1S/C17H21NO3S/c1-12-6-5-7-15(8-12)11-18-22(19,20)17-13(2)9-16(21-4)10-14(17)3/h5-10,18H,11H2,1-4H3. The summed E-state index contributed by atoms with van der Waals surface area (Å²) in [6, 6.07) is 11.2. The fourth-order valence-electron chi connectivity index (χ4n) is 2.52. The molecule has 0 bridgehead atoms. The van der Waals surface area contributed by atoms with Gasteiger partial charge in [-0.3, -0.25) is 0 Å². The number of nitrogens with one attached hydrogen (secondary N) is 1. The number of hydrogen-bond acceptors (Lipinski definition) is 3. The zero-order valence-corrected chi connectivity index (χ0v) is 14.1. The Hall–Kier alpha value is -1.85. The molecular weight excluding hydrogens is 298 g/mol. The summed E-state index contributed by atoms with van der Waals surface area (Å²) in [4.78, 5) is 0.320. The molecule has 0 fully saturated rings. The molecule has 5 heteroatoms. The van der Waals surface area contributed by atoms with Crippen LogP contribution in [0.1, 0.15) is 22.3 Å². The summed E-state index contributed by atoms with van der Waals surface area (Å²) in [6.45, 7) is 5.80. The van der Waals surface area contributed by atoms with E-state index >= 15 is 0 Å². The van der Waals surface area contributed by atoms with Gasteiger partial charge in [-0.25, -0.2) is 13.1 Å².